The van der Waals surface area contributed by atoms with E-state index in [9.17, 15) is 0 Å². The Morgan fingerprint density at radius 2 is 1.55 bits per heavy atom. The second kappa shape index (κ2) is 2.22. The lowest BCUT2D eigenvalue weighted by atomic mass is 9.59. The van der Waals surface area contributed by atoms with Gasteiger partial charge in [-0.15, -0.1) is 0 Å². The Morgan fingerprint density at radius 1 is 0.818 bits per heavy atom. The molecule has 2 saturated carbocycles. The number of nitrogens with one attached hydrogen (secondary N) is 1. The van der Waals surface area contributed by atoms with Crippen LogP contribution in [0.1, 0.15) is 32.1 Å². The number of fused-ring (bicyclic) bond motifs is 4. The highest BCUT2D eigenvalue weighted by Gasteiger charge is 2.52. The molecule has 1 heteroatoms. The van der Waals surface area contributed by atoms with Gasteiger partial charge in [-0.25, -0.2) is 0 Å². The Bertz CT molecular complexity index is 148. The quantitative estimate of drug-likeness (QED) is 0.556. The van der Waals surface area contributed by atoms with Gasteiger partial charge in [-0.2, -0.15) is 0 Å². The van der Waals surface area contributed by atoms with Gasteiger partial charge in [0.05, 0.1) is 0 Å². The molecule has 3 rings (SSSR count). The summed E-state index contributed by atoms with van der Waals surface area (Å²) in [5.74, 6) is 3.34. The van der Waals surface area contributed by atoms with E-state index in [0.717, 1.165) is 23.8 Å². The number of hydrogen-bond acceptors (Lipinski definition) is 1. The number of piperidine rings is 1. The smallest absolute Gasteiger partial charge is 0.0129 e. The molecule has 1 heterocycles. The first-order chi connectivity index (χ1) is 5.47. The minimum absolute atomic E-state index is 0.955. The van der Waals surface area contributed by atoms with Gasteiger partial charge in [0.15, 0.2) is 0 Å². The maximum atomic E-state index is 3.69. The topological polar surface area (TPSA) is 12.0 Å². The zero-order valence-electron chi connectivity index (χ0n) is 7.05. The highest BCUT2D eigenvalue weighted by Crippen LogP contribution is 2.53. The van der Waals surface area contributed by atoms with Crippen LogP contribution in [0.4, 0.5) is 0 Å². The zero-order chi connectivity index (χ0) is 7.26. The molecule has 3 fully saturated rings. The van der Waals surface area contributed by atoms with Crippen LogP contribution in [0.5, 0.6) is 0 Å². The normalized spacial score (nSPS) is 54.5. The Morgan fingerprint density at radius 3 is 2.45 bits per heavy atom. The Labute approximate surface area is 68.6 Å². The van der Waals surface area contributed by atoms with Crippen LogP contribution in [0.25, 0.3) is 0 Å². The first kappa shape index (κ1) is 6.47. The molecule has 0 aromatic heterocycles. The van der Waals surface area contributed by atoms with Gasteiger partial charge in [-0.1, -0.05) is 6.42 Å². The molecule has 0 radical (unpaired) electrons. The van der Waals surface area contributed by atoms with Crippen LogP contribution in [0, 0.1) is 17.8 Å². The summed E-state index contributed by atoms with van der Waals surface area (Å²) < 4.78 is 0. The van der Waals surface area contributed by atoms with Gasteiger partial charge in [0, 0.05) is 6.04 Å². The molecule has 1 aliphatic heterocycles. The van der Waals surface area contributed by atoms with Crippen molar-refractivity contribution in [3.63, 3.8) is 0 Å². The van der Waals surface area contributed by atoms with Crippen molar-refractivity contribution in [1.82, 2.24) is 5.32 Å². The third-order valence-electron chi connectivity index (χ3n) is 4.19. The molecule has 0 aromatic carbocycles. The average molecular weight is 151 g/mol. The van der Waals surface area contributed by atoms with Gasteiger partial charge in [0.2, 0.25) is 0 Å². The second-order valence-electron chi connectivity index (χ2n) is 4.54. The molecule has 0 spiro atoms. The lowest BCUT2D eigenvalue weighted by Crippen LogP contribution is -2.59. The van der Waals surface area contributed by atoms with Crippen molar-refractivity contribution in [2.24, 2.45) is 17.8 Å². The van der Waals surface area contributed by atoms with Gasteiger partial charge in [-0.3, -0.25) is 0 Å². The highest BCUT2D eigenvalue weighted by atomic mass is 15.0. The number of hydrogen-bond donors (Lipinski definition) is 1. The fraction of sp³-hybridized carbons (Fsp3) is 1.00. The average Bonchev–Trinajstić information content (AvgIpc) is 2.44. The van der Waals surface area contributed by atoms with Crippen molar-refractivity contribution in [1.29, 1.82) is 0 Å². The lowest BCUT2D eigenvalue weighted by Gasteiger charge is -2.52. The van der Waals surface area contributed by atoms with Gasteiger partial charge in [-0.05, 0) is 50.0 Å². The van der Waals surface area contributed by atoms with E-state index in [-0.39, 0.29) is 0 Å². The molecule has 62 valence electrons. The standard InChI is InChI=1S/C10H17N/c1-3-7-8(4-1)10-9(7)5-2-6-11-10/h7-11H,1-6H2. The van der Waals surface area contributed by atoms with Crippen molar-refractivity contribution >= 4 is 0 Å². The van der Waals surface area contributed by atoms with Crippen LogP contribution in [0.3, 0.4) is 0 Å². The molecular formula is C10H17N. The Balaban J connectivity index is 1.77. The van der Waals surface area contributed by atoms with Crippen molar-refractivity contribution < 1.29 is 0 Å². The Kier molecular flexibility index (Phi) is 1.31. The molecule has 4 unspecified atom stereocenters. The van der Waals surface area contributed by atoms with E-state index in [1.807, 2.05) is 0 Å². The monoisotopic (exact) mass is 151 g/mol. The summed E-state index contributed by atoms with van der Waals surface area (Å²) in [6.07, 6.45) is 7.56. The SMILES string of the molecule is C1CNC2C(C1)C1CCCC12. The summed E-state index contributed by atoms with van der Waals surface area (Å²) in [6, 6.07) is 0.955. The van der Waals surface area contributed by atoms with E-state index in [1.54, 1.807) is 6.42 Å². The van der Waals surface area contributed by atoms with Gasteiger partial charge < -0.3 is 5.32 Å². The van der Waals surface area contributed by atoms with E-state index in [2.05, 4.69) is 5.32 Å². The Hall–Kier alpha value is -0.0400. The predicted molar refractivity (Wildman–Crippen MR) is 45.3 cm³/mol. The molecule has 1 N–H and O–H groups in total. The van der Waals surface area contributed by atoms with E-state index in [4.69, 9.17) is 0 Å². The molecule has 0 amide bonds. The van der Waals surface area contributed by atoms with E-state index >= 15 is 0 Å². The first-order valence-electron chi connectivity index (χ1n) is 5.20. The van der Waals surface area contributed by atoms with Gasteiger partial charge in [0.25, 0.3) is 0 Å². The van der Waals surface area contributed by atoms with Crippen molar-refractivity contribution in [3.8, 4) is 0 Å². The lowest BCUT2D eigenvalue weighted by molar-refractivity contribution is 0.0116. The zero-order valence-corrected chi connectivity index (χ0v) is 7.05. The fourth-order valence-electron chi connectivity index (χ4n) is 3.74. The maximum absolute atomic E-state index is 3.69. The molecule has 0 bridgehead atoms. The molecule has 3 aliphatic rings. The minimum Gasteiger partial charge on any atom is -0.313 e. The van der Waals surface area contributed by atoms with Crippen LogP contribution in [0.15, 0.2) is 0 Å². The van der Waals surface area contributed by atoms with Crippen LogP contribution < -0.4 is 5.32 Å². The van der Waals surface area contributed by atoms with Crippen LogP contribution in [0.2, 0.25) is 0 Å². The minimum atomic E-state index is 0.955. The van der Waals surface area contributed by atoms with E-state index in [0.29, 0.717) is 0 Å². The van der Waals surface area contributed by atoms with E-state index in [1.165, 1.54) is 32.2 Å². The molecule has 1 saturated heterocycles. The largest absolute Gasteiger partial charge is 0.313 e. The summed E-state index contributed by atoms with van der Waals surface area (Å²) in [6.45, 7) is 1.30. The molecule has 1 nitrogen and oxygen atoms in total. The predicted octanol–water partition coefficient (Wildman–Crippen LogP) is 1.78. The third-order valence-corrected chi connectivity index (χ3v) is 4.19. The van der Waals surface area contributed by atoms with Gasteiger partial charge >= 0.3 is 0 Å². The summed E-state index contributed by atoms with van der Waals surface area (Å²) in [5, 5.41) is 3.69. The second-order valence-corrected chi connectivity index (χ2v) is 4.54. The molecular weight excluding hydrogens is 134 g/mol. The summed E-state index contributed by atoms with van der Waals surface area (Å²) in [5.41, 5.74) is 0. The first-order valence-corrected chi connectivity index (χ1v) is 5.20. The van der Waals surface area contributed by atoms with Crippen LogP contribution in [-0.2, 0) is 0 Å². The molecule has 0 aromatic rings. The summed E-state index contributed by atoms with van der Waals surface area (Å²) >= 11 is 0. The van der Waals surface area contributed by atoms with Crippen molar-refractivity contribution in [3.05, 3.63) is 0 Å². The molecule has 4 atom stereocenters. The third kappa shape index (κ3) is 0.752. The highest BCUT2D eigenvalue weighted by molar-refractivity contribution is 5.05. The fourth-order valence-corrected chi connectivity index (χ4v) is 3.74. The maximum Gasteiger partial charge on any atom is 0.0129 e. The molecule has 2 aliphatic carbocycles. The number of rotatable bonds is 0. The van der Waals surface area contributed by atoms with Gasteiger partial charge in [0.1, 0.15) is 0 Å². The van der Waals surface area contributed by atoms with E-state index < -0.39 is 0 Å². The summed E-state index contributed by atoms with van der Waals surface area (Å²) in [7, 11) is 0. The van der Waals surface area contributed by atoms with Crippen molar-refractivity contribution in [2.75, 3.05) is 6.54 Å². The molecule has 11 heavy (non-hydrogen) atoms. The van der Waals surface area contributed by atoms with Crippen molar-refractivity contribution in [2.45, 2.75) is 38.1 Å². The van der Waals surface area contributed by atoms with Crippen LogP contribution in [-0.4, -0.2) is 12.6 Å². The summed E-state index contributed by atoms with van der Waals surface area (Å²) in [4.78, 5) is 0. The van der Waals surface area contributed by atoms with Crippen LogP contribution >= 0.6 is 0 Å².